The maximum atomic E-state index is 11.0. The van der Waals surface area contributed by atoms with Gasteiger partial charge in [-0.3, -0.25) is 0 Å². The largest absolute Gasteiger partial charge is 0.542 e. The molecule has 0 aliphatic heterocycles. The molecule has 31 heavy (non-hydrogen) atoms. The number of hydrogen-bond donors (Lipinski definition) is 1. The third-order valence-corrected chi connectivity index (χ3v) is 12.2. The van der Waals surface area contributed by atoms with Crippen LogP contribution >= 0.6 is 0 Å². The molecule has 0 bridgehead atoms. The van der Waals surface area contributed by atoms with Gasteiger partial charge in [0.25, 0.3) is 8.32 Å². The highest BCUT2D eigenvalue weighted by Gasteiger charge is 2.47. The zero-order chi connectivity index (χ0) is 23.5. The Morgan fingerprint density at radius 2 is 1.13 bits per heavy atom. The van der Waals surface area contributed by atoms with Crippen molar-refractivity contribution in [1.82, 2.24) is 0 Å². The number of aromatic hydroxyl groups is 1. The van der Waals surface area contributed by atoms with Crippen LogP contribution in [0.1, 0.15) is 47.1 Å². The van der Waals surface area contributed by atoms with E-state index in [4.69, 9.17) is 18.6 Å². The first kappa shape index (κ1) is 24.9. The highest BCUT2D eigenvalue weighted by Crippen LogP contribution is 2.50. The van der Waals surface area contributed by atoms with Crippen molar-refractivity contribution in [3.8, 4) is 39.9 Å². The average Bonchev–Trinajstić information content (AvgIpc) is 2.71. The zero-order valence-electron chi connectivity index (χ0n) is 20.6. The number of hydrogen-bond acceptors (Lipinski definition) is 5. The Morgan fingerprint density at radius 3 is 1.58 bits per heavy atom. The van der Waals surface area contributed by atoms with E-state index in [1.165, 1.54) is 0 Å². The van der Waals surface area contributed by atoms with Crippen LogP contribution in [0.3, 0.4) is 0 Å². The van der Waals surface area contributed by atoms with Gasteiger partial charge in [0.1, 0.15) is 5.75 Å². The molecule has 0 saturated carbocycles. The second kappa shape index (κ2) is 9.85. The van der Waals surface area contributed by atoms with Crippen molar-refractivity contribution >= 4 is 8.32 Å². The monoisotopic (exact) mass is 446 g/mol. The molecule has 0 unspecified atom stereocenters. The van der Waals surface area contributed by atoms with Crippen molar-refractivity contribution in [1.29, 1.82) is 0 Å². The zero-order valence-corrected chi connectivity index (χ0v) is 21.6. The Labute approximate surface area is 188 Å². The van der Waals surface area contributed by atoms with Crippen molar-refractivity contribution in [2.45, 2.75) is 65.1 Å². The molecule has 0 heterocycles. The molecule has 2 aromatic rings. The van der Waals surface area contributed by atoms with E-state index in [0.29, 0.717) is 45.2 Å². The number of phenols is 1. The summed E-state index contributed by atoms with van der Waals surface area (Å²) in [6.07, 6.45) is 0. The Hall–Kier alpha value is -2.34. The molecule has 0 aliphatic carbocycles. The summed E-state index contributed by atoms with van der Waals surface area (Å²) in [5.41, 5.74) is 3.57. The van der Waals surface area contributed by atoms with Crippen LogP contribution in [-0.4, -0.2) is 34.8 Å². The summed E-state index contributed by atoms with van der Waals surface area (Å²) in [7, 11) is 2.52. The first-order valence-corrected chi connectivity index (χ1v) is 13.0. The summed E-state index contributed by atoms with van der Waals surface area (Å²) in [6, 6.07) is 7.52. The molecule has 0 saturated heterocycles. The van der Waals surface area contributed by atoms with Crippen molar-refractivity contribution in [3.05, 3.63) is 29.8 Å². The standard InChI is InChI=1S/C25H38O5Si/c1-15(2)31(16(3)4,17(5)6)30-21-14-23(28-9)22(27-8)13-19(21)20-11-18(7)12-24(29-10)25(20)26/h11-17,26H,1-10H3. The predicted molar refractivity (Wildman–Crippen MR) is 130 cm³/mol. The molecule has 0 atom stereocenters. The van der Waals surface area contributed by atoms with E-state index in [1.807, 2.05) is 31.2 Å². The third-order valence-electron chi connectivity index (χ3n) is 6.21. The third kappa shape index (κ3) is 4.64. The maximum Gasteiger partial charge on any atom is 0.258 e. The highest BCUT2D eigenvalue weighted by atomic mass is 28.4. The van der Waals surface area contributed by atoms with Crippen molar-refractivity contribution in [2.24, 2.45) is 0 Å². The van der Waals surface area contributed by atoms with Crippen LogP contribution in [0.2, 0.25) is 16.6 Å². The van der Waals surface area contributed by atoms with Gasteiger partial charge in [0, 0.05) is 17.2 Å². The Balaban J connectivity index is 2.86. The summed E-state index contributed by atoms with van der Waals surface area (Å²) in [5, 5.41) is 11.0. The number of aryl methyl sites for hydroxylation is 1. The number of rotatable bonds is 9. The van der Waals surface area contributed by atoms with E-state index in [9.17, 15) is 5.11 Å². The molecule has 5 nitrogen and oxygen atoms in total. The van der Waals surface area contributed by atoms with Crippen LogP contribution in [0.15, 0.2) is 24.3 Å². The quantitative estimate of drug-likeness (QED) is 0.422. The van der Waals surface area contributed by atoms with Crippen molar-refractivity contribution in [2.75, 3.05) is 21.3 Å². The van der Waals surface area contributed by atoms with Gasteiger partial charge in [0.2, 0.25) is 0 Å². The van der Waals surface area contributed by atoms with Crippen molar-refractivity contribution < 1.29 is 23.7 Å². The molecule has 0 aliphatic rings. The fourth-order valence-corrected chi connectivity index (χ4v) is 10.1. The topological polar surface area (TPSA) is 57.2 Å². The van der Waals surface area contributed by atoms with Gasteiger partial charge in [-0.15, -0.1) is 0 Å². The fraction of sp³-hybridized carbons (Fsp3) is 0.520. The van der Waals surface area contributed by atoms with Crippen LogP contribution in [0.4, 0.5) is 0 Å². The normalized spacial score (nSPS) is 11.9. The number of methoxy groups -OCH3 is 3. The van der Waals surface area contributed by atoms with Gasteiger partial charge in [-0.1, -0.05) is 41.5 Å². The van der Waals surface area contributed by atoms with Crippen LogP contribution in [-0.2, 0) is 0 Å². The van der Waals surface area contributed by atoms with Crippen LogP contribution in [0.5, 0.6) is 28.7 Å². The minimum atomic E-state index is -2.26. The first-order chi connectivity index (χ1) is 14.5. The minimum absolute atomic E-state index is 0.0797. The molecule has 2 rings (SSSR count). The lowest BCUT2D eigenvalue weighted by Gasteiger charge is -2.42. The van der Waals surface area contributed by atoms with Gasteiger partial charge in [-0.2, -0.15) is 0 Å². The van der Waals surface area contributed by atoms with Gasteiger partial charge in [0.05, 0.1) is 21.3 Å². The molecule has 0 spiro atoms. The molecule has 0 radical (unpaired) electrons. The second-order valence-corrected chi connectivity index (χ2v) is 14.4. The molecule has 172 valence electrons. The van der Waals surface area contributed by atoms with E-state index >= 15 is 0 Å². The van der Waals surface area contributed by atoms with Gasteiger partial charge < -0.3 is 23.7 Å². The van der Waals surface area contributed by atoms with E-state index < -0.39 is 8.32 Å². The SMILES string of the molecule is COc1cc(O[Si](C(C)C)(C(C)C)C(C)C)c(-c2cc(C)cc(OC)c2O)cc1OC. The van der Waals surface area contributed by atoms with Crippen LogP contribution < -0.4 is 18.6 Å². The molecule has 0 fully saturated rings. The summed E-state index contributed by atoms with van der Waals surface area (Å²) in [6.45, 7) is 15.5. The average molecular weight is 447 g/mol. The number of benzene rings is 2. The summed E-state index contributed by atoms with van der Waals surface area (Å²) in [5.74, 6) is 2.38. The molecule has 1 N–H and O–H groups in total. The molecule has 6 heteroatoms. The molecule has 0 aromatic heterocycles. The van der Waals surface area contributed by atoms with E-state index in [1.54, 1.807) is 21.3 Å². The summed E-state index contributed by atoms with van der Waals surface area (Å²) < 4.78 is 23.6. The summed E-state index contributed by atoms with van der Waals surface area (Å²) >= 11 is 0. The lowest BCUT2D eigenvalue weighted by atomic mass is 10.00. The fourth-order valence-electron chi connectivity index (χ4n) is 4.81. The smallest absolute Gasteiger partial charge is 0.258 e. The Bertz CT molecular complexity index is 883. The maximum absolute atomic E-state index is 11.0. The van der Waals surface area contributed by atoms with Gasteiger partial charge >= 0.3 is 0 Å². The molecular formula is C25H38O5Si. The Morgan fingerprint density at radius 1 is 0.645 bits per heavy atom. The predicted octanol–water partition coefficient (Wildman–Crippen LogP) is 6.95. The number of phenolic OH excluding ortho intramolecular Hbond substituents is 1. The molecule has 0 amide bonds. The lowest BCUT2D eigenvalue weighted by molar-refractivity contribution is 0.352. The van der Waals surface area contributed by atoms with Gasteiger partial charge in [-0.25, -0.2) is 0 Å². The second-order valence-electron chi connectivity index (χ2n) is 8.99. The highest BCUT2D eigenvalue weighted by molar-refractivity contribution is 6.78. The van der Waals surface area contributed by atoms with Gasteiger partial charge in [0.15, 0.2) is 23.0 Å². The number of ether oxygens (including phenoxy) is 3. The molecular weight excluding hydrogens is 408 g/mol. The van der Waals surface area contributed by atoms with Gasteiger partial charge in [-0.05, 0) is 47.3 Å². The van der Waals surface area contributed by atoms with Crippen molar-refractivity contribution in [3.63, 3.8) is 0 Å². The lowest BCUT2D eigenvalue weighted by Crippen LogP contribution is -2.50. The van der Waals surface area contributed by atoms with E-state index in [-0.39, 0.29) is 5.75 Å². The van der Waals surface area contributed by atoms with E-state index in [2.05, 4.69) is 41.5 Å². The molecule has 2 aromatic carbocycles. The van der Waals surface area contributed by atoms with E-state index in [0.717, 1.165) is 11.1 Å². The Kier molecular flexibility index (Phi) is 7.92. The van der Waals surface area contributed by atoms with Crippen LogP contribution in [0, 0.1) is 6.92 Å². The summed E-state index contributed by atoms with van der Waals surface area (Å²) in [4.78, 5) is 0. The first-order valence-electron chi connectivity index (χ1n) is 10.9. The van der Waals surface area contributed by atoms with Crippen LogP contribution in [0.25, 0.3) is 11.1 Å². The minimum Gasteiger partial charge on any atom is -0.542 e.